The van der Waals surface area contributed by atoms with Crippen molar-refractivity contribution in [1.29, 1.82) is 0 Å². The number of benzene rings is 18. The molecule has 0 spiro atoms. The van der Waals surface area contributed by atoms with E-state index >= 15 is 0 Å². The number of fused-ring (bicyclic) bond motifs is 12. The van der Waals surface area contributed by atoms with Gasteiger partial charge in [-0.15, -0.1) is 0 Å². The molecular weight excluding hydrogens is 1210 g/mol. The second-order valence-corrected chi connectivity index (χ2v) is 26.4. The molecule has 0 saturated heterocycles. The van der Waals surface area contributed by atoms with Crippen LogP contribution in [0.3, 0.4) is 0 Å². The highest BCUT2D eigenvalue weighted by Crippen LogP contribution is 2.49. The molecule has 20 aromatic rings. The monoisotopic (exact) mass is 1270 g/mol. The Morgan fingerprint density at radius 1 is 0.200 bits per heavy atom. The number of anilines is 6. The summed E-state index contributed by atoms with van der Waals surface area (Å²) in [4.78, 5) is 4.80. The Hall–Kier alpha value is -13.3. The predicted octanol–water partition coefficient (Wildman–Crippen LogP) is 26.7. The highest BCUT2D eigenvalue weighted by Gasteiger charge is 2.25. The minimum absolute atomic E-state index is 1.08. The van der Waals surface area contributed by atoms with Gasteiger partial charge in [-0.25, -0.2) is 0 Å². The van der Waals surface area contributed by atoms with E-state index in [4.69, 9.17) is 0 Å². The molecule has 0 atom stereocenters. The van der Waals surface area contributed by atoms with Gasteiger partial charge >= 0.3 is 0 Å². The Kier molecular flexibility index (Phi) is 13.2. The first kappa shape index (κ1) is 57.0. The molecule has 0 fully saturated rings. The molecule has 2 aromatic heterocycles. The molecule has 0 bridgehead atoms. The maximum atomic E-state index is 2.55. The Labute approximate surface area is 578 Å². The fourth-order valence-corrected chi connectivity index (χ4v) is 16.2. The van der Waals surface area contributed by atoms with E-state index < -0.39 is 0 Å². The third kappa shape index (κ3) is 9.30. The van der Waals surface area contributed by atoms with Crippen LogP contribution in [0, 0.1) is 0 Å². The van der Waals surface area contributed by atoms with Crippen molar-refractivity contribution in [3.05, 3.63) is 376 Å². The first-order valence-electron chi connectivity index (χ1n) is 34.5. The van der Waals surface area contributed by atoms with Crippen molar-refractivity contribution in [3.8, 4) is 44.8 Å². The van der Waals surface area contributed by atoms with Gasteiger partial charge in [0.2, 0.25) is 0 Å². The average molecular weight is 1270 g/mol. The molecule has 466 valence electrons. The predicted molar refractivity (Wildman–Crippen MR) is 426 cm³/mol. The molecule has 0 aliphatic carbocycles. The van der Waals surface area contributed by atoms with Crippen molar-refractivity contribution in [2.24, 2.45) is 0 Å². The van der Waals surface area contributed by atoms with Crippen LogP contribution in [0.5, 0.6) is 0 Å². The molecule has 0 aliphatic heterocycles. The Morgan fingerprint density at radius 3 is 1.30 bits per heavy atom. The van der Waals surface area contributed by atoms with E-state index in [0.717, 1.165) is 67.5 Å². The standard InChI is InChI=1S/C96H62N4/c1-3-25-74(26-4-1)97(78-54-46-63-22-7-8-23-66(63)60-78)76-52-47-65(48-53-76)94-84-32-11-13-34-86(84)96(87-35-14-12-33-85(87)94)100-91-40-20-17-36-88(91)95-81(37-21-41-92(95)100)73-59-70-24-9-10-29-80(70)93(62-73)98(75-27-5-2-6-28-75)77-50-44-64(45-51-77)67-42-43-68-58-72-61-79(55-49-69(72)57-71(68)56-67)99-89-38-18-15-30-82(89)83-31-16-19-39-90(83)99/h1-62H. The highest BCUT2D eigenvalue weighted by atomic mass is 15.1. The molecule has 0 unspecified atom stereocenters. The first-order chi connectivity index (χ1) is 49.6. The quantitative estimate of drug-likeness (QED) is 0.120. The number of rotatable bonds is 11. The van der Waals surface area contributed by atoms with E-state index in [2.05, 4.69) is 395 Å². The van der Waals surface area contributed by atoms with Gasteiger partial charge in [0.05, 0.1) is 33.4 Å². The van der Waals surface area contributed by atoms with E-state index in [-0.39, 0.29) is 0 Å². The lowest BCUT2D eigenvalue weighted by Gasteiger charge is -2.28. The van der Waals surface area contributed by atoms with E-state index in [0.29, 0.717) is 0 Å². The van der Waals surface area contributed by atoms with Crippen molar-refractivity contribution in [2.75, 3.05) is 9.80 Å². The number of nitrogens with zero attached hydrogens (tertiary/aromatic N) is 4. The number of hydrogen-bond acceptors (Lipinski definition) is 2. The molecule has 0 aliphatic rings. The van der Waals surface area contributed by atoms with Gasteiger partial charge in [-0.3, -0.25) is 0 Å². The maximum absolute atomic E-state index is 2.55. The summed E-state index contributed by atoms with van der Waals surface area (Å²) in [6.45, 7) is 0. The number of para-hydroxylation sites is 5. The van der Waals surface area contributed by atoms with Crippen LogP contribution in [0.15, 0.2) is 376 Å². The van der Waals surface area contributed by atoms with Crippen LogP contribution in [0.25, 0.3) is 153 Å². The Balaban J connectivity index is 0.686. The largest absolute Gasteiger partial charge is 0.310 e. The summed E-state index contributed by atoms with van der Waals surface area (Å²) in [5.41, 5.74) is 20.7. The van der Waals surface area contributed by atoms with Gasteiger partial charge in [0.25, 0.3) is 0 Å². The molecule has 0 saturated carbocycles. The van der Waals surface area contributed by atoms with Crippen LogP contribution in [-0.4, -0.2) is 9.13 Å². The third-order valence-electron chi connectivity index (χ3n) is 20.7. The summed E-state index contributed by atoms with van der Waals surface area (Å²) in [5, 5.41) is 19.4. The molecule has 18 aromatic carbocycles. The first-order valence-corrected chi connectivity index (χ1v) is 34.5. The zero-order valence-corrected chi connectivity index (χ0v) is 54.6. The average Bonchev–Trinajstić information content (AvgIpc) is 1.43. The van der Waals surface area contributed by atoms with Crippen molar-refractivity contribution in [2.45, 2.75) is 0 Å². The molecule has 4 nitrogen and oxygen atoms in total. The topological polar surface area (TPSA) is 16.3 Å². The summed E-state index contributed by atoms with van der Waals surface area (Å²) in [5.74, 6) is 0. The van der Waals surface area contributed by atoms with Gasteiger partial charge in [0.1, 0.15) is 0 Å². The molecule has 100 heavy (non-hydrogen) atoms. The van der Waals surface area contributed by atoms with Crippen LogP contribution in [-0.2, 0) is 0 Å². The fraction of sp³-hybridized carbons (Fsp3) is 0. The van der Waals surface area contributed by atoms with Gasteiger partial charge < -0.3 is 18.9 Å². The SMILES string of the molecule is c1ccc(N(c2ccc(-c3c4ccccc4c(-n4c5ccccc5c5c(-c6cc(N(c7ccccc7)c7ccc(-c8ccc9cc%10cc(-n%11c%12ccccc%12c%12ccccc%12%11)ccc%10cc9c8)cc7)c7ccccc7c6)cccc54)c4ccccc34)cc2)c2ccc3ccccc3c2)cc1. The second kappa shape index (κ2) is 23.2. The lowest BCUT2D eigenvalue weighted by atomic mass is 9.90. The van der Waals surface area contributed by atoms with Gasteiger partial charge in [0, 0.05) is 71.8 Å². The van der Waals surface area contributed by atoms with Crippen molar-refractivity contribution >= 4 is 142 Å². The van der Waals surface area contributed by atoms with E-state index in [1.54, 1.807) is 0 Å². The molecule has 20 rings (SSSR count). The smallest absolute Gasteiger partial charge is 0.0619 e. The summed E-state index contributed by atoms with van der Waals surface area (Å²) in [6, 6.07) is 139. The summed E-state index contributed by atoms with van der Waals surface area (Å²) < 4.78 is 4.95. The molecular formula is C96H62N4. The Morgan fingerprint density at radius 2 is 0.640 bits per heavy atom. The van der Waals surface area contributed by atoms with Crippen LogP contribution in [0.1, 0.15) is 0 Å². The van der Waals surface area contributed by atoms with Crippen LogP contribution >= 0.6 is 0 Å². The zero-order valence-electron chi connectivity index (χ0n) is 54.6. The molecule has 0 radical (unpaired) electrons. The maximum Gasteiger partial charge on any atom is 0.0619 e. The molecule has 0 N–H and O–H groups in total. The molecule has 4 heteroatoms. The van der Waals surface area contributed by atoms with Crippen molar-refractivity contribution in [3.63, 3.8) is 0 Å². The van der Waals surface area contributed by atoms with E-state index in [1.807, 2.05) is 0 Å². The van der Waals surface area contributed by atoms with Gasteiger partial charge in [-0.05, 0) is 209 Å². The van der Waals surface area contributed by atoms with Crippen molar-refractivity contribution in [1.82, 2.24) is 9.13 Å². The van der Waals surface area contributed by atoms with Gasteiger partial charge in [-0.2, -0.15) is 0 Å². The van der Waals surface area contributed by atoms with Gasteiger partial charge in [-0.1, -0.05) is 249 Å². The van der Waals surface area contributed by atoms with Crippen LogP contribution in [0.4, 0.5) is 34.1 Å². The van der Waals surface area contributed by atoms with E-state index in [9.17, 15) is 0 Å². The lowest BCUT2D eigenvalue weighted by Crippen LogP contribution is -2.10. The lowest BCUT2D eigenvalue weighted by molar-refractivity contribution is 1.19. The van der Waals surface area contributed by atoms with Crippen LogP contribution < -0.4 is 9.80 Å². The minimum Gasteiger partial charge on any atom is -0.310 e. The highest BCUT2D eigenvalue weighted by molar-refractivity contribution is 6.23. The summed E-state index contributed by atoms with van der Waals surface area (Å²) >= 11 is 0. The third-order valence-corrected chi connectivity index (χ3v) is 20.7. The summed E-state index contributed by atoms with van der Waals surface area (Å²) in [6.07, 6.45) is 0. The molecule has 2 heterocycles. The van der Waals surface area contributed by atoms with Gasteiger partial charge in [0.15, 0.2) is 0 Å². The molecule has 0 amide bonds. The van der Waals surface area contributed by atoms with E-state index in [1.165, 1.54) is 120 Å². The van der Waals surface area contributed by atoms with Crippen LogP contribution in [0.2, 0.25) is 0 Å². The number of hydrogen-bond donors (Lipinski definition) is 0. The fourth-order valence-electron chi connectivity index (χ4n) is 16.2. The zero-order chi connectivity index (χ0) is 65.8. The normalized spacial score (nSPS) is 11.8. The second-order valence-electron chi connectivity index (χ2n) is 26.4. The Bertz CT molecular complexity index is 6530. The summed E-state index contributed by atoms with van der Waals surface area (Å²) in [7, 11) is 0. The van der Waals surface area contributed by atoms with Crippen molar-refractivity contribution < 1.29 is 0 Å². The minimum atomic E-state index is 1.08. The number of aromatic nitrogens is 2.